The van der Waals surface area contributed by atoms with E-state index in [1.165, 1.54) is 12.5 Å². The fraction of sp³-hybridized carbons (Fsp3) is 0.500. The van der Waals surface area contributed by atoms with Crippen LogP contribution in [0.2, 0.25) is 0 Å². The van der Waals surface area contributed by atoms with E-state index in [4.69, 9.17) is 4.74 Å². The number of benzene rings is 1. The second-order valence-corrected chi connectivity index (χ2v) is 12.9. The second kappa shape index (κ2) is 10.5. The van der Waals surface area contributed by atoms with Crippen LogP contribution in [0.15, 0.2) is 36.7 Å². The van der Waals surface area contributed by atoms with Crippen molar-refractivity contribution in [3.8, 4) is 11.6 Å². The van der Waals surface area contributed by atoms with E-state index in [1.807, 2.05) is 18.2 Å². The van der Waals surface area contributed by atoms with Gasteiger partial charge in [-0.15, -0.1) is 0 Å². The Labute approximate surface area is 205 Å². The summed E-state index contributed by atoms with van der Waals surface area (Å²) in [5, 5.41) is 8.64. The summed E-state index contributed by atoms with van der Waals surface area (Å²) in [7, 11) is -6.22. The molecule has 2 aromatic heterocycles. The molecule has 13 heteroatoms. The van der Waals surface area contributed by atoms with Crippen LogP contribution < -0.4 is 14.8 Å². The molecule has 2 N–H and O–H groups in total. The van der Waals surface area contributed by atoms with Crippen LogP contribution in [-0.2, 0) is 19.9 Å². The van der Waals surface area contributed by atoms with E-state index < -0.39 is 19.9 Å². The van der Waals surface area contributed by atoms with Crippen molar-refractivity contribution < 1.29 is 21.6 Å². The van der Waals surface area contributed by atoms with Crippen LogP contribution in [0.4, 0.5) is 5.95 Å². The van der Waals surface area contributed by atoms with Gasteiger partial charge in [0.2, 0.25) is 16.0 Å². The maximum Gasteiger partial charge on any atom is 0.224 e. The van der Waals surface area contributed by atoms with E-state index in [-0.39, 0.29) is 17.8 Å². The first kappa shape index (κ1) is 25.3. The summed E-state index contributed by atoms with van der Waals surface area (Å²) in [4.78, 5) is 8.97. The van der Waals surface area contributed by atoms with E-state index in [0.717, 1.165) is 36.6 Å². The number of sulfonamides is 1. The van der Waals surface area contributed by atoms with Crippen molar-refractivity contribution in [3.05, 3.63) is 36.7 Å². The Balaban J connectivity index is 1.43. The van der Waals surface area contributed by atoms with Crippen molar-refractivity contribution >= 4 is 36.7 Å². The van der Waals surface area contributed by atoms with Crippen LogP contribution in [0.1, 0.15) is 32.1 Å². The molecule has 0 aliphatic heterocycles. The van der Waals surface area contributed by atoms with Crippen molar-refractivity contribution in [1.29, 1.82) is 0 Å². The lowest BCUT2D eigenvalue weighted by Crippen LogP contribution is -2.39. The van der Waals surface area contributed by atoms with Crippen molar-refractivity contribution in [2.45, 2.75) is 44.2 Å². The zero-order chi connectivity index (χ0) is 25.1. The molecule has 1 aliphatic carbocycles. The number of rotatable bonds is 10. The summed E-state index contributed by atoms with van der Waals surface area (Å²) in [6, 6.07) is 7.49. The van der Waals surface area contributed by atoms with Gasteiger partial charge in [0.15, 0.2) is 5.82 Å². The van der Waals surface area contributed by atoms with Gasteiger partial charge in [-0.2, -0.15) is 10.1 Å². The number of sulfone groups is 1. The summed E-state index contributed by atoms with van der Waals surface area (Å²) < 4.78 is 55.8. The third-order valence-electron chi connectivity index (χ3n) is 5.79. The summed E-state index contributed by atoms with van der Waals surface area (Å²) in [6.07, 6.45) is 9.30. The third kappa shape index (κ3) is 7.12. The molecule has 0 atom stereocenters. The van der Waals surface area contributed by atoms with Gasteiger partial charge in [-0.05, 0) is 44.2 Å². The molecule has 0 amide bonds. The predicted molar refractivity (Wildman–Crippen MR) is 134 cm³/mol. The second-order valence-electron chi connectivity index (χ2n) is 8.90. The lowest BCUT2D eigenvalue weighted by molar-refractivity contribution is 0.321. The molecular formula is C22H30N6O5S2. The van der Waals surface area contributed by atoms with Gasteiger partial charge in [0.1, 0.15) is 15.6 Å². The summed E-state index contributed by atoms with van der Waals surface area (Å²) in [6.45, 7) is 0.293. The standard InChI is InChI=1S/C22H30N6O5S2/c1-34(29,30)14-4-13-33-20-6-3-5-19-18(20)15-24-28(19)21-11-12-23-22(26-21)25-16-7-9-17(10-8-16)27-35(2,31)32/h3,5-6,11-12,15-17,27H,4,7-10,13-14H2,1-2H3,(H,23,25,26). The van der Waals surface area contributed by atoms with E-state index in [0.29, 0.717) is 30.5 Å². The quantitative estimate of drug-likeness (QED) is 0.381. The highest BCUT2D eigenvalue weighted by molar-refractivity contribution is 7.90. The van der Waals surface area contributed by atoms with Gasteiger partial charge in [0.05, 0.1) is 35.7 Å². The number of aromatic nitrogens is 4. The minimum atomic E-state index is -3.20. The monoisotopic (exact) mass is 522 g/mol. The third-order valence-corrected chi connectivity index (χ3v) is 7.58. The van der Waals surface area contributed by atoms with Crippen LogP contribution in [0.5, 0.6) is 5.75 Å². The molecule has 0 saturated heterocycles. The number of hydrogen-bond acceptors (Lipinski definition) is 9. The Kier molecular flexibility index (Phi) is 7.57. The van der Waals surface area contributed by atoms with Crippen LogP contribution in [0.25, 0.3) is 16.7 Å². The first-order valence-corrected chi connectivity index (χ1v) is 15.4. The van der Waals surface area contributed by atoms with E-state index in [2.05, 4.69) is 25.1 Å². The average Bonchev–Trinajstić information content (AvgIpc) is 3.22. The normalized spacial score (nSPS) is 19.0. The minimum absolute atomic E-state index is 0.0338. The molecule has 35 heavy (non-hydrogen) atoms. The number of hydrogen-bond donors (Lipinski definition) is 2. The van der Waals surface area contributed by atoms with Gasteiger partial charge in [0, 0.05) is 30.6 Å². The van der Waals surface area contributed by atoms with Crippen molar-refractivity contribution in [1.82, 2.24) is 24.5 Å². The molecule has 3 aromatic rings. The molecule has 2 heterocycles. The van der Waals surface area contributed by atoms with Gasteiger partial charge in [-0.1, -0.05) is 6.07 Å². The van der Waals surface area contributed by atoms with Crippen LogP contribution in [0.3, 0.4) is 0 Å². The van der Waals surface area contributed by atoms with Gasteiger partial charge >= 0.3 is 0 Å². The number of ether oxygens (including phenoxy) is 1. The molecule has 1 saturated carbocycles. The molecule has 0 unspecified atom stereocenters. The number of nitrogens with one attached hydrogen (secondary N) is 2. The lowest BCUT2D eigenvalue weighted by Gasteiger charge is -2.29. The Hall–Kier alpha value is -2.77. The summed E-state index contributed by atoms with van der Waals surface area (Å²) >= 11 is 0. The van der Waals surface area contributed by atoms with Gasteiger partial charge in [-0.25, -0.2) is 31.2 Å². The zero-order valence-corrected chi connectivity index (χ0v) is 21.3. The molecule has 11 nitrogen and oxygen atoms in total. The first-order chi connectivity index (χ1) is 16.6. The molecule has 190 valence electrons. The fourth-order valence-electron chi connectivity index (χ4n) is 4.21. The number of nitrogens with zero attached hydrogens (tertiary/aromatic N) is 4. The minimum Gasteiger partial charge on any atom is -0.493 e. The number of fused-ring (bicyclic) bond motifs is 1. The van der Waals surface area contributed by atoms with Gasteiger partial charge in [-0.3, -0.25) is 0 Å². The highest BCUT2D eigenvalue weighted by Crippen LogP contribution is 2.27. The van der Waals surface area contributed by atoms with Crippen molar-refractivity contribution in [2.24, 2.45) is 0 Å². The Morgan fingerprint density at radius 3 is 2.51 bits per heavy atom. The number of anilines is 1. The van der Waals surface area contributed by atoms with Crippen LogP contribution in [-0.4, -0.2) is 73.5 Å². The highest BCUT2D eigenvalue weighted by Gasteiger charge is 2.24. The Morgan fingerprint density at radius 1 is 1.06 bits per heavy atom. The molecule has 1 aromatic carbocycles. The van der Waals surface area contributed by atoms with E-state index in [9.17, 15) is 16.8 Å². The molecule has 1 aliphatic rings. The maximum absolute atomic E-state index is 11.5. The van der Waals surface area contributed by atoms with Crippen LogP contribution in [0, 0.1) is 0 Å². The Bertz CT molecular complexity index is 1380. The average molecular weight is 523 g/mol. The molecular weight excluding hydrogens is 492 g/mol. The lowest BCUT2D eigenvalue weighted by atomic mass is 9.92. The zero-order valence-electron chi connectivity index (χ0n) is 19.7. The molecule has 0 radical (unpaired) electrons. The molecule has 0 bridgehead atoms. The maximum atomic E-state index is 11.5. The summed E-state index contributed by atoms with van der Waals surface area (Å²) in [5.41, 5.74) is 0.808. The fourth-order valence-corrected chi connectivity index (χ4v) is 5.70. The smallest absolute Gasteiger partial charge is 0.224 e. The van der Waals surface area contributed by atoms with Gasteiger partial charge in [0.25, 0.3) is 0 Å². The topological polar surface area (TPSA) is 145 Å². The van der Waals surface area contributed by atoms with Crippen molar-refractivity contribution in [2.75, 3.05) is 30.2 Å². The van der Waals surface area contributed by atoms with Crippen molar-refractivity contribution in [3.63, 3.8) is 0 Å². The molecule has 4 rings (SSSR count). The van der Waals surface area contributed by atoms with Gasteiger partial charge < -0.3 is 10.1 Å². The van der Waals surface area contributed by atoms with Crippen LogP contribution >= 0.6 is 0 Å². The summed E-state index contributed by atoms with van der Waals surface area (Å²) in [5.74, 6) is 1.79. The predicted octanol–water partition coefficient (Wildman–Crippen LogP) is 1.90. The van der Waals surface area contributed by atoms with E-state index >= 15 is 0 Å². The largest absolute Gasteiger partial charge is 0.493 e. The SMILES string of the molecule is CS(=O)(=O)CCCOc1cccc2c1cnn2-c1ccnc(NC2CCC(NS(C)(=O)=O)CC2)n1. The van der Waals surface area contributed by atoms with E-state index in [1.54, 1.807) is 23.1 Å². The molecule has 0 spiro atoms. The molecule has 1 fully saturated rings. The first-order valence-electron chi connectivity index (χ1n) is 11.4. The Morgan fingerprint density at radius 2 is 1.80 bits per heavy atom. The highest BCUT2D eigenvalue weighted by atomic mass is 32.2.